The quantitative estimate of drug-likeness (QED) is 0.212. The van der Waals surface area contributed by atoms with Crippen LogP contribution in [0.15, 0.2) is 41.3 Å². The van der Waals surface area contributed by atoms with Crippen molar-refractivity contribution >= 4 is 50.2 Å². The third-order valence-corrected chi connectivity index (χ3v) is 7.80. The zero-order valence-electron chi connectivity index (χ0n) is 23.5. The van der Waals surface area contributed by atoms with Gasteiger partial charge in [0.15, 0.2) is 11.5 Å². The third-order valence-electron chi connectivity index (χ3n) is 7.36. The molecule has 5 rings (SSSR count). The van der Waals surface area contributed by atoms with Crippen LogP contribution in [0.3, 0.4) is 0 Å². The van der Waals surface area contributed by atoms with E-state index in [-0.39, 0.29) is 22.6 Å². The molecule has 1 saturated heterocycles. The van der Waals surface area contributed by atoms with E-state index in [1.165, 1.54) is 11.6 Å². The van der Waals surface area contributed by atoms with Gasteiger partial charge in [0.05, 0.1) is 12.1 Å². The number of ketones is 1. The number of amides is 2. The van der Waals surface area contributed by atoms with Crippen molar-refractivity contribution in [3.63, 3.8) is 0 Å². The Morgan fingerprint density at radius 1 is 1.12 bits per heavy atom. The number of carbonyl (C=O) groups excluding carboxylic acids is 3. The van der Waals surface area contributed by atoms with Gasteiger partial charge in [-0.1, -0.05) is 6.07 Å². The summed E-state index contributed by atoms with van der Waals surface area (Å²) < 4.78 is 45.1. The van der Waals surface area contributed by atoms with Crippen molar-refractivity contribution < 1.29 is 27.6 Å². The van der Waals surface area contributed by atoms with E-state index >= 15 is 4.39 Å². The van der Waals surface area contributed by atoms with Gasteiger partial charge in [-0.05, 0) is 59.1 Å². The molecule has 0 spiro atoms. The highest BCUT2D eigenvalue weighted by Gasteiger charge is 2.49. The number of anilines is 1. The van der Waals surface area contributed by atoms with Crippen LogP contribution in [0, 0.1) is 13.8 Å². The molecule has 4 aromatic rings. The number of carbonyl (C=O) groups is 3. The molecule has 4 heterocycles. The molecule has 1 aromatic carbocycles. The average Bonchev–Trinajstić information content (AvgIpc) is 3.53. The minimum Gasteiger partial charge on any atom is -0.326 e. The van der Waals surface area contributed by atoms with E-state index in [4.69, 9.17) is 0 Å². The number of aryl methyl sites for hydroxylation is 2. The predicted molar refractivity (Wildman–Crippen MR) is 156 cm³/mol. The molecule has 0 aliphatic carbocycles. The van der Waals surface area contributed by atoms with Crippen molar-refractivity contribution in [1.29, 1.82) is 0 Å². The number of nitrogens with zero attached hydrogens (tertiary/aromatic N) is 6. The molecule has 10 nitrogen and oxygen atoms in total. The minimum absolute atomic E-state index is 0.00268. The molecule has 14 heteroatoms. The Hall–Kier alpha value is -4.20. The SMILES string of the molecule is CC(=O)c1nn(CC(=O)N2C[C@@](F)(CF)C[C@H]2C(=O)Nc2nc(Br)ccc2C)c2c(CF)cc(-c3cnc(C)nc3)cc12. The van der Waals surface area contributed by atoms with E-state index < -0.39 is 62.2 Å². The molecule has 224 valence electrons. The van der Waals surface area contributed by atoms with E-state index in [1.807, 2.05) is 0 Å². The van der Waals surface area contributed by atoms with Crippen LogP contribution in [-0.2, 0) is 22.8 Å². The molecule has 43 heavy (non-hydrogen) atoms. The highest BCUT2D eigenvalue weighted by Crippen LogP contribution is 2.34. The lowest BCUT2D eigenvalue weighted by Gasteiger charge is -2.24. The lowest BCUT2D eigenvalue weighted by Crippen LogP contribution is -2.45. The number of aromatic nitrogens is 5. The molecule has 3 aromatic heterocycles. The zero-order valence-corrected chi connectivity index (χ0v) is 25.1. The molecule has 0 unspecified atom stereocenters. The number of benzene rings is 1. The van der Waals surface area contributed by atoms with Crippen LogP contribution >= 0.6 is 15.9 Å². The number of halogens is 4. The second-order valence-electron chi connectivity index (χ2n) is 10.6. The van der Waals surface area contributed by atoms with Gasteiger partial charge in [-0.3, -0.25) is 19.1 Å². The molecule has 0 saturated carbocycles. The third kappa shape index (κ3) is 6.01. The van der Waals surface area contributed by atoms with Crippen LogP contribution in [0.25, 0.3) is 22.0 Å². The summed E-state index contributed by atoms with van der Waals surface area (Å²) in [6.07, 6.45) is 2.58. The van der Waals surface area contributed by atoms with Gasteiger partial charge >= 0.3 is 0 Å². The number of hydrogen-bond donors (Lipinski definition) is 1. The summed E-state index contributed by atoms with van der Waals surface area (Å²) in [7, 11) is 0. The van der Waals surface area contributed by atoms with Crippen molar-refractivity contribution in [1.82, 2.24) is 29.6 Å². The van der Waals surface area contributed by atoms with Crippen LogP contribution in [0.1, 0.15) is 40.8 Å². The van der Waals surface area contributed by atoms with Crippen LogP contribution in [0.2, 0.25) is 0 Å². The minimum atomic E-state index is -2.44. The van der Waals surface area contributed by atoms with Crippen LogP contribution in [0.5, 0.6) is 0 Å². The first-order chi connectivity index (χ1) is 20.4. The smallest absolute Gasteiger partial charge is 0.248 e. The Bertz CT molecular complexity index is 1750. The van der Waals surface area contributed by atoms with E-state index in [9.17, 15) is 23.2 Å². The summed E-state index contributed by atoms with van der Waals surface area (Å²) in [5.74, 6) is -1.16. The summed E-state index contributed by atoms with van der Waals surface area (Å²) in [5, 5.41) is 7.22. The van der Waals surface area contributed by atoms with Gasteiger partial charge in [0.1, 0.15) is 47.9 Å². The standard InChI is InChI=1S/C29H27BrF3N7O3/c1-15-4-5-23(30)36-27(15)37-28(43)22-8-29(33,13-32)14-39(22)24(42)12-40-26-19(9-31)6-18(20-10-34-17(3)35-11-20)7-21(26)25(38-40)16(2)41/h4-7,10-11,22H,8-9,12-14H2,1-3H3,(H,36,37,43)/t22-,29-/m0/s1. The highest BCUT2D eigenvalue weighted by atomic mass is 79.9. The number of rotatable bonds is 8. The number of fused-ring (bicyclic) bond motifs is 1. The fourth-order valence-corrected chi connectivity index (χ4v) is 5.48. The summed E-state index contributed by atoms with van der Waals surface area (Å²) >= 11 is 3.23. The van der Waals surface area contributed by atoms with E-state index in [0.717, 1.165) is 4.90 Å². The van der Waals surface area contributed by atoms with Gasteiger partial charge in [-0.15, -0.1) is 0 Å². The van der Waals surface area contributed by atoms with Gasteiger partial charge < -0.3 is 10.2 Å². The Labute approximate surface area is 252 Å². The van der Waals surface area contributed by atoms with Crippen molar-refractivity contribution in [2.45, 2.75) is 52.1 Å². The van der Waals surface area contributed by atoms with E-state index in [0.29, 0.717) is 32.5 Å². The average molecular weight is 658 g/mol. The molecule has 1 aliphatic rings. The van der Waals surface area contributed by atoms with E-state index in [1.54, 1.807) is 50.5 Å². The Balaban J connectivity index is 1.50. The van der Waals surface area contributed by atoms with Crippen molar-refractivity contribution in [2.75, 3.05) is 18.5 Å². The fourth-order valence-electron chi connectivity index (χ4n) is 5.17. The molecule has 0 bridgehead atoms. The normalized spacial score (nSPS) is 18.3. The summed E-state index contributed by atoms with van der Waals surface area (Å²) in [6, 6.07) is 5.23. The fraction of sp³-hybridized carbons (Fsp3) is 0.345. The van der Waals surface area contributed by atoms with Gasteiger partial charge in [-0.25, -0.2) is 28.1 Å². The number of hydrogen-bond acceptors (Lipinski definition) is 7. The maximum atomic E-state index is 15.3. The second kappa shape index (κ2) is 11.8. The van der Waals surface area contributed by atoms with Gasteiger partial charge in [0, 0.05) is 42.3 Å². The lowest BCUT2D eigenvalue weighted by atomic mass is 10.0. The predicted octanol–water partition coefficient (Wildman–Crippen LogP) is 4.86. The summed E-state index contributed by atoms with van der Waals surface area (Å²) in [4.78, 5) is 53.0. The topological polar surface area (TPSA) is 123 Å². The molecule has 2 amide bonds. The van der Waals surface area contributed by atoms with Gasteiger partial charge in [0.25, 0.3) is 0 Å². The Kier molecular flexibility index (Phi) is 8.32. The van der Waals surface area contributed by atoms with Crippen LogP contribution in [-0.4, -0.2) is 72.2 Å². The number of Topliss-reactive ketones (excluding diaryl/α,β-unsaturated/α-hetero) is 1. The number of alkyl halides is 3. The van der Waals surface area contributed by atoms with Crippen molar-refractivity contribution in [3.8, 4) is 11.1 Å². The monoisotopic (exact) mass is 657 g/mol. The molecule has 2 atom stereocenters. The van der Waals surface area contributed by atoms with Gasteiger partial charge in [-0.2, -0.15) is 5.10 Å². The highest BCUT2D eigenvalue weighted by molar-refractivity contribution is 9.10. The first kappa shape index (κ1) is 30.3. The number of pyridine rings is 1. The van der Waals surface area contributed by atoms with Crippen molar-refractivity contribution in [2.24, 2.45) is 0 Å². The Morgan fingerprint density at radius 2 is 1.84 bits per heavy atom. The maximum Gasteiger partial charge on any atom is 0.248 e. The molecular weight excluding hydrogens is 631 g/mol. The van der Waals surface area contributed by atoms with Gasteiger partial charge in [0.2, 0.25) is 11.8 Å². The molecule has 1 aliphatic heterocycles. The lowest BCUT2D eigenvalue weighted by molar-refractivity contribution is -0.137. The summed E-state index contributed by atoms with van der Waals surface area (Å²) in [6.45, 7) is 1.16. The van der Waals surface area contributed by atoms with E-state index in [2.05, 4.69) is 41.3 Å². The number of nitrogens with one attached hydrogen (secondary N) is 1. The molecule has 0 radical (unpaired) electrons. The molecule has 1 N–H and O–H groups in total. The summed E-state index contributed by atoms with van der Waals surface area (Å²) in [5.41, 5.74) is -0.329. The van der Waals surface area contributed by atoms with Crippen LogP contribution in [0.4, 0.5) is 19.0 Å². The Morgan fingerprint density at radius 3 is 2.49 bits per heavy atom. The van der Waals surface area contributed by atoms with Crippen LogP contribution < -0.4 is 5.32 Å². The first-order valence-corrected chi connectivity index (χ1v) is 14.1. The largest absolute Gasteiger partial charge is 0.326 e. The molecule has 1 fully saturated rings. The second-order valence-corrected chi connectivity index (χ2v) is 11.4. The number of likely N-dealkylation sites (tertiary alicyclic amines) is 1. The maximum absolute atomic E-state index is 15.3. The zero-order chi connectivity index (χ0) is 31.1. The first-order valence-electron chi connectivity index (χ1n) is 13.3. The van der Waals surface area contributed by atoms with Crippen molar-refractivity contribution in [3.05, 3.63) is 63.9 Å². The molecular formula is C29H27BrF3N7O3.